The number of benzene rings is 2. The third-order valence-electron chi connectivity index (χ3n) is 3.60. The molecule has 1 heterocycles. The number of carbonyl (C=O) groups excluding carboxylic acids is 1. The maximum Gasteiger partial charge on any atom is 0.291 e. The van der Waals surface area contributed by atoms with Crippen LogP contribution in [0.4, 0.5) is 11.4 Å². The highest BCUT2D eigenvalue weighted by atomic mass is 35.5. The summed E-state index contributed by atoms with van der Waals surface area (Å²) >= 11 is 18.2. The van der Waals surface area contributed by atoms with Crippen LogP contribution in [0.25, 0.3) is 11.3 Å². The molecule has 0 unspecified atom stereocenters. The molecule has 128 valence electrons. The summed E-state index contributed by atoms with van der Waals surface area (Å²) in [5.74, 6) is 0.103. The predicted octanol–water partition coefficient (Wildman–Crippen LogP) is 6.05. The lowest BCUT2D eigenvalue weighted by atomic mass is 10.2. The first-order chi connectivity index (χ1) is 11.8. The summed E-state index contributed by atoms with van der Waals surface area (Å²) in [5, 5.41) is 4.18. The highest BCUT2D eigenvalue weighted by Gasteiger charge is 2.16. The Morgan fingerprint density at radius 2 is 1.80 bits per heavy atom. The minimum atomic E-state index is -0.448. The van der Waals surface area contributed by atoms with E-state index in [9.17, 15) is 4.79 Å². The zero-order chi connectivity index (χ0) is 18.1. The lowest BCUT2D eigenvalue weighted by molar-refractivity contribution is 0.0997. The van der Waals surface area contributed by atoms with Gasteiger partial charge in [-0.25, -0.2) is 0 Å². The van der Waals surface area contributed by atoms with Crippen LogP contribution in [-0.2, 0) is 0 Å². The van der Waals surface area contributed by atoms with Gasteiger partial charge in [-0.15, -0.1) is 0 Å². The van der Waals surface area contributed by atoms with Gasteiger partial charge in [0.1, 0.15) is 5.76 Å². The van der Waals surface area contributed by atoms with Gasteiger partial charge in [0.25, 0.3) is 5.91 Å². The van der Waals surface area contributed by atoms with Crippen molar-refractivity contribution in [3.63, 3.8) is 0 Å². The first-order valence-corrected chi connectivity index (χ1v) is 8.41. The molecule has 25 heavy (non-hydrogen) atoms. The van der Waals surface area contributed by atoms with Crippen LogP contribution in [0, 0.1) is 6.92 Å². The number of nitrogens with two attached hydrogens (primary N) is 1. The number of nitrogens with one attached hydrogen (secondary N) is 1. The second-order valence-electron chi connectivity index (χ2n) is 5.43. The van der Waals surface area contributed by atoms with Gasteiger partial charge in [0.2, 0.25) is 0 Å². The number of amides is 1. The van der Waals surface area contributed by atoms with Crippen LogP contribution < -0.4 is 11.1 Å². The number of hydrogen-bond donors (Lipinski definition) is 2. The van der Waals surface area contributed by atoms with Crippen LogP contribution in [-0.4, -0.2) is 5.91 Å². The van der Waals surface area contributed by atoms with E-state index in [4.69, 9.17) is 45.0 Å². The molecular weight excluding hydrogens is 383 g/mol. The molecule has 0 bridgehead atoms. The number of aryl methyl sites for hydroxylation is 1. The average Bonchev–Trinajstić information content (AvgIpc) is 3.04. The van der Waals surface area contributed by atoms with Gasteiger partial charge in [0.05, 0.1) is 16.4 Å². The summed E-state index contributed by atoms with van der Waals surface area (Å²) in [7, 11) is 0. The zero-order valence-electron chi connectivity index (χ0n) is 13.1. The Bertz CT molecular complexity index is 967. The molecule has 1 amide bonds. The second-order valence-corrected chi connectivity index (χ2v) is 6.68. The number of furan rings is 1. The van der Waals surface area contributed by atoms with Crippen molar-refractivity contribution in [1.82, 2.24) is 0 Å². The molecule has 0 aliphatic rings. The van der Waals surface area contributed by atoms with Gasteiger partial charge in [-0.1, -0.05) is 34.8 Å². The molecule has 0 aliphatic heterocycles. The van der Waals surface area contributed by atoms with Crippen molar-refractivity contribution in [3.8, 4) is 11.3 Å². The Labute approximate surface area is 159 Å². The van der Waals surface area contributed by atoms with Gasteiger partial charge in [-0.3, -0.25) is 4.79 Å². The number of hydrogen-bond acceptors (Lipinski definition) is 3. The fraction of sp³-hybridized carbons (Fsp3) is 0.0556. The van der Waals surface area contributed by atoms with E-state index in [-0.39, 0.29) is 5.76 Å². The normalized spacial score (nSPS) is 10.7. The molecule has 3 aromatic rings. The summed E-state index contributed by atoms with van der Waals surface area (Å²) in [6.45, 7) is 1.83. The van der Waals surface area contributed by atoms with Gasteiger partial charge in [-0.05, 0) is 55.0 Å². The van der Waals surface area contributed by atoms with E-state index in [0.29, 0.717) is 37.8 Å². The number of carbonyl (C=O) groups is 1. The maximum absolute atomic E-state index is 12.4. The number of rotatable bonds is 3. The molecule has 0 atom stereocenters. The van der Waals surface area contributed by atoms with Crippen LogP contribution in [0.1, 0.15) is 16.1 Å². The molecular formula is C18H13Cl3N2O2. The Morgan fingerprint density at radius 3 is 2.56 bits per heavy atom. The van der Waals surface area contributed by atoms with E-state index in [2.05, 4.69) is 5.32 Å². The van der Waals surface area contributed by atoms with Crippen molar-refractivity contribution in [2.24, 2.45) is 0 Å². The largest absolute Gasteiger partial charge is 0.451 e. The van der Waals surface area contributed by atoms with E-state index < -0.39 is 5.91 Å². The zero-order valence-corrected chi connectivity index (χ0v) is 15.3. The quantitative estimate of drug-likeness (QED) is 0.530. The summed E-state index contributed by atoms with van der Waals surface area (Å²) in [4.78, 5) is 12.4. The molecule has 3 rings (SSSR count). The summed E-state index contributed by atoms with van der Waals surface area (Å²) in [6.07, 6.45) is 0. The van der Waals surface area contributed by atoms with Crippen molar-refractivity contribution in [2.75, 3.05) is 11.1 Å². The minimum Gasteiger partial charge on any atom is -0.451 e. The molecule has 0 spiro atoms. The molecule has 0 aliphatic carbocycles. The van der Waals surface area contributed by atoms with E-state index in [1.54, 1.807) is 42.5 Å². The van der Waals surface area contributed by atoms with Crippen molar-refractivity contribution in [1.29, 1.82) is 0 Å². The monoisotopic (exact) mass is 394 g/mol. The van der Waals surface area contributed by atoms with Crippen LogP contribution in [0.15, 0.2) is 46.9 Å². The Morgan fingerprint density at radius 1 is 1.04 bits per heavy atom. The van der Waals surface area contributed by atoms with Gasteiger partial charge in [-0.2, -0.15) is 0 Å². The van der Waals surface area contributed by atoms with E-state index in [1.807, 2.05) is 6.92 Å². The van der Waals surface area contributed by atoms with E-state index >= 15 is 0 Å². The fourth-order valence-corrected chi connectivity index (χ4v) is 2.83. The first kappa shape index (κ1) is 17.7. The number of nitrogen functional groups attached to an aromatic ring is 1. The van der Waals surface area contributed by atoms with Crippen LogP contribution in [0.3, 0.4) is 0 Å². The standard InChI is InChI=1S/C18H13Cl3N2O2/c1-9-6-14(22)15(8-13(9)21)23-18(24)17-5-4-16(25-17)11-7-10(19)2-3-12(11)20/h2-8H,22H2,1H3,(H,23,24). The lowest BCUT2D eigenvalue weighted by Crippen LogP contribution is -2.12. The second kappa shape index (κ2) is 7.00. The summed E-state index contributed by atoms with van der Waals surface area (Å²) in [6, 6.07) is 11.5. The van der Waals surface area contributed by atoms with Crippen molar-refractivity contribution in [2.45, 2.75) is 6.92 Å². The average molecular weight is 396 g/mol. The van der Waals surface area contributed by atoms with Crippen LogP contribution >= 0.6 is 34.8 Å². The summed E-state index contributed by atoms with van der Waals surface area (Å²) in [5.41, 5.74) is 8.18. The fourth-order valence-electron chi connectivity index (χ4n) is 2.29. The van der Waals surface area contributed by atoms with Crippen molar-refractivity contribution < 1.29 is 9.21 Å². The van der Waals surface area contributed by atoms with Crippen LogP contribution in [0.2, 0.25) is 15.1 Å². The SMILES string of the molecule is Cc1cc(N)c(NC(=O)c2ccc(-c3cc(Cl)ccc3Cl)o2)cc1Cl. The highest BCUT2D eigenvalue weighted by Crippen LogP contribution is 2.32. The number of anilines is 2. The topological polar surface area (TPSA) is 68.3 Å². The third-order valence-corrected chi connectivity index (χ3v) is 4.57. The van der Waals surface area contributed by atoms with Gasteiger partial charge in [0, 0.05) is 15.6 Å². The molecule has 0 fully saturated rings. The van der Waals surface area contributed by atoms with Crippen molar-refractivity contribution >= 4 is 52.1 Å². The van der Waals surface area contributed by atoms with E-state index in [0.717, 1.165) is 5.56 Å². The lowest BCUT2D eigenvalue weighted by Gasteiger charge is -2.09. The smallest absolute Gasteiger partial charge is 0.291 e. The molecule has 0 saturated carbocycles. The number of halogens is 3. The molecule has 3 N–H and O–H groups in total. The Balaban J connectivity index is 1.86. The predicted molar refractivity (Wildman–Crippen MR) is 103 cm³/mol. The third kappa shape index (κ3) is 3.76. The minimum absolute atomic E-state index is 0.113. The molecule has 0 radical (unpaired) electrons. The molecule has 4 nitrogen and oxygen atoms in total. The maximum atomic E-state index is 12.4. The van der Waals surface area contributed by atoms with E-state index in [1.165, 1.54) is 0 Å². The van der Waals surface area contributed by atoms with Gasteiger partial charge < -0.3 is 15.5 Å². The molecule has 1 aromatic heterocycles. The van der Waals surface area contributed by atoms with Crippen molar-refractivity contribution in [3.05, 3.63) is 68.9 Å². The van der Waals surface area contributed by atoms with Gasteiger partial charge in [0.15, 0.2) is 5.76 Å². The van der Waals surface area contributed by atoms with Gasteiger partial charge >= 0.3 is 0 Å². The Kier molecular flexibility index (Phi) is 4.95. The summed E-state index contributed by atoms with van der Waals surface area (Å²) < 4.78 is 5.60. The molecule has 2 aromatic carbocycles. The first-order valence-electron chi connectivity index (χ1n) is 7.27. The highest BCUT2D eigenvalue weighted by molar-refractivity contribution is 6.35. The molecule has 7 heteroatoms. The molecule has 0 saturated heterocycles. The Hall–Kier alpha value is -2.14. The van der Waals surface area contributed by atoms with Crippen LogP contribution in [0.5, 0.6) is 0 Å².